The number of hydrogen-bond acceptors (Lipinski definition) is 6. The van der Waals surface area contributed by atoms with Gasteiger partial charge in [0.2, 0.25) is 5.91 Å². The van der Waals surface area contributed by atoms with E-state index in [2.05, 4.69) is 10.9 Å². The lowest BCUT2D eigenvalue weighted by Crippen LogP contribution is -2.41. The van der Waals surface area contributed by atoms with Gasteiger partial charge in [-0.15, -0.1) is 0 Å². The third kappa shape index (κ3) is 6.31. The Hall–Kier alpha value is -3.42. The summed E-state index contributed by atoms with van der Waals surface area (Å²) >= 11 is 0. The Morgan fingerprint density at radius 3 is 2.14 bits per heavy atom. The third-order valence-corrected chi connectivity index (χ3v) is 4.09. The summed E-state index contributed by atoms with van der Waals surface area (Å²) in [7, 11) is 4.63. The van der Waals surface area contributed by atoms with Crippen molar-refractivity contribution in [2.24, 2.45) is 0 Å². The Labute approximate surface area is 170 Å². The van der Waals surface area contributed by atoms with Crippen LogP contribution in [0.15, 0.2) is 36.4 Å². The van der Waals surface area contributed by atoms with E-state index in [1.54, 1.807) is 38.5 Å². The number of benzene rings is 2. The van der Waals surface area contributed by atoms with E-state index >= 15 is 0 Å². The average Bonchev–Trinajstić information content (AvgIpc) is 2.76. The standard InChI is InChI=1S/C21H26N2O6/c1-5-29-18-8-7-15(12-19(18)28-4)21(25)23-22-20(24)9-6-14-10-16(26-2)13-17(11-14)27-3/h7-8,10-13H,5-6,9H2,1-4H3,(H,22,24)(H,23,25). The molecular formula is C21H26N2O6. The first-order chi connectivity index (χ1) is 14.0. The molecular weight excluding hydrogens is 376 g/mol. The van der Waals surface area contributed by atoms with Crippen LogP contribution in [0.2, 0.25) is 0 Å². The average molecular weight is 402 g/mol. The molecule has 0 heterocycles. The van der Waals surface area contributed by atoms with Crippen molar-refractivity contribution in [2.75, 3.05) is 27.9 Å². The van der Waals surface area contributed by atoms with Crippen molar-refractivity contribution >= 4 is 11.8 Å². The lowest BCUT2D eigenvalue weighted by Gasteiger charge is -2.12. The number of methoxy groups -OCH3 is 3. The maximum Gasteiger partial charge on any atom is 0.269 e. The maximum atomic E-state index is 12.3. The quantitative estimate of drug-likeness (QED) is 0.626. The van der Waals surface area contributed by atoms with Crippen molar-refractivity contribution in [1.29, 1.82) is 0 Å². The molecule has 0 aliphatic carbocycles. The number of rotatable bonds is 9. The molecule has 2 amide bonds. The fraction of sp³-hybridized carbons (Fsp3) is 0.333. The molecule has 0 aliphatic rings. The number of nitrogens with one attached hydrogen (secondary N) is 2. The SMILES string of the molecule is CCOc1ccc(C(=O)NNC(=O)CCc2cc(OC)cc(OC)c2)cc1OC. The molecule has 8 heteroatoms. The van der Waals surface area contributed by atoms with Crippen LogP contribution < -0.4 is 29.8 Å². The number of carbonyl (C=O) groups is 2. The molecule has 0 saturated carbocycles. The van der Waals surface area contributed by atoms with Gasteiger partial charge in [0, 0.05) is 18.1 Å². The highest BCUT2D eigenvalue weighted by molar-refractivity contribution is 5.96. The molecule has 0 fully saturated rings. The first-order valence-electron chi connectivity index (χ1n) is 9.12. The summed E-state index contributed by atoms with van der Waals surface area (Å²) in [5.74, 6) is 1.51. The lowest BCUT2D eigenvalue weighted by molar-refractivity contribution is -0.121. The summed E-state index contributed by atoms with van der Waals surface area (Å²) < 4.78 is 21.1. The molecule has 0 saturated heterocycles. The molecule has 0 bridgehead atoms. The predicted molar refractivity (Wildman–Crippen MR) is 108 cm³/mol. The van der Waals surface area contributed by atoms with E-state index in [-0.39, 0.29) is 12.3 Å². The van der Waals surface area contributed by atoms with Gasteiger partial charge in [0.05, 0.1) is 27.9 Å². The van der Waals surface area contributed by atoms with Crippen LogP contribution in [0.1, 0.15) is 29.3 Å². The molecule has 8 nitrogen and oxygen atoms in total. The largest absolute Gasteiger partial charge is 0.497 e. The summed E-state index contributed by atoms with van der Waals surface area (Å²) in [6, 6.07) is 10.2. The van der Waals surface area contributed by atoms with E-state index in [1.807, 2.05) is 19.1 Å². The molecule has 2 aromatic carbocycles. The summed E-state index contributed by atoms with van der Waals surface area (Å²) in [6.07, 6.45) is 0.648. The highest BCUT2D eigenvalue weighted by Crippen LogP contribution is 2.28. The molecule has 2 N–H and O–H groups in total. The summed E-state index contributed by atoms with van der Waals surface area (Å²) in [4.78, 5) is 24.4. The number of ether oxygens (including phenoxy) is 4. The molecule has 2 aromatic rings. The van der Waals surface area contributed by atoms with Crippen molar-refractivity contribution < 1.29 is 28.5 Å². The molecule has 29 heavy (non-hydrogen) atoms. The Balaban J connectivity index is 1.90. The van der Waals surface area contributed by atoms with E-state index in [9.17, 15) is 9.59 Å². The molecule has 0 atom stereocenters. The topological polar surface area (TPSA) is 95.1 Å². The fourth-order valence-corrected chi connectivity index (χ4v) is 2.61. The number of hydrazine groups is 1. The van der Waals surface area contributed by atoms with Crippen molar-refractivity contribution in [3.05, 3.63) is 47.5 Å². The molecule has 2 rings (SSSR count). The number of hydrogen-bond donors (Lipinski definition) is 2. The van der Waals surface area contributed by atoms with Crippen molar-refractivity contribution in [2.45, 2.75) is 19.8 Å². The number of amides is 2. The highest BCUT2D eigenvalue weighted by Gasteiger charge is 2.12. The predicted octanol–water partition coefficient (Wildman–Crippen LogP) is 2.50. The second-order valence-corrected chi connectivity index (χ2v) is 6.02. The lowest BCUT2D eigenvalue weighted by atomic mass is 10.1. The first-order valence-corrected chi connectivity index (χ1v) is 9.12. The van der Waals surface area contributed by atoms with Crippen LogP contribution in [0.4, 0.5) is 0 Å². The van der Waals surface area contributed by atoms with Gasteiger partial charge in [0.1, 0.15) is 11.5 Å². The van der Waals surface area contributed by atoms with Crippen LogP contribution in [0.25, 0.3) is 0 Å². The van der Waals surface area contributed by atoms with Crippen molar-refractivity contribution in [1.82, 2.24) is 10.9 Å². The van der Waals surface area contributed by atoms with Gasteiger partial charge in [0.15, 0.2) is 11.5 Å². The van der Waals surface area contributed by atoms with Gasteiger partial charge in [-0.1, -0.05) is 0 Å². The van der Waals surface area contributed by atoms with Gasteiger partial charge < -0.3 is 18.9 Å². The summed E-state index contributed by atoms with van der Waals surface area (Å²) in [5.41, 5.74) is 6.04. The zero-order chi connectivity index (χ0) is 21.2. The Kier molecular flexibility index (Phi) is 8.14. The van der Waals surface area contributed by atoms with E-state index < -0.39 is 5.91 Å². The van der Waals surface area contributed by atoms with Gasteiger partial charge in [-0.3, -0.25) is 20.4 Å². The summed E-state index contributed by atoms with van der Waals surface area (Å²) in [6.45, 7) is 2.34. The monoisotopic (exact) mass is 402 g/mol. The van der Waals surface area contributed by atoms with E-state index in [0.717, 1.165) is 5.56 Å². The minimum absolute atomic E-state index is 0.184. The van der Waals surface area contributed by atoms with Crippen molar-refractivity contribution in [3.8, 4) is 23.0 Å². The highest BCUT2D eigenvalue weighted by atomic mass is 16.5. The zero-order valence-corrected chi connectivity index (χ0v) is 17.0. The molecule has 0 spiro atoms. The first kappa shape index (κ1) is 21.9. The Bertz CT molecular complexity index is 831. The minimum Gasteiger partial charge on any atom is -0.497 e. The second-order valence-electron chi connectivity index (χ2n) is 6.02. The molecule has 0 aromatic heterocycles. The van der Waals surface area contributed by atoms with Crippen LogP contribution in [-0.4, -0.2) is 39.8 Å². The van der Waals surface area contributed by atoms with E-state index in [4.69, 9.17) is 18.9 Å². The summed E-state index contributed by atoms with van der Waals surface area (Å²) in [5, 5.41) is 0. The van der Waals surface area contributed by atoms with Crippen molar-refractivity contribution in [3.63, 3.8) is 0 Å². The van der Waals surface area contributed by atoms with Crippen LogP contribution in [0.5, 0.6) is 23.0 Å². The van der Waals surface area contributed by atoms with Gasteiger partial charge in [-0.25, -0.2) is 0 Å². The number of carbonyl (C=O) groups excluding carboxylic acids is 2. The normalized spacial score (nSPS) is 10.1. The smallest absolute Gasteiger partial charge is 0.269 e. The van der Waals surface area contributed by atoms with Crippen LogP contribution in [0.3, 0.4) is 0 Å². The molecule has 156 valence electrons. The van der Waals surface area contributed by atoms with Gasteiger partial charge in [0.25, 0.3) is 5.91 Å². The van der Waals surface area contributed by atoms with E-state index in [1.165, 1.54) is 7.11 Å². The van der Waals surface area contributed by atoms with Gasteiger partial charge in [-0.05, 0) is 49.2 Å². The van der Waals surface area contributed by atoms with Gasteiger partial charge in [-0.2, -0.15) is 0 Å². The Morgan fingerprint density at radius 1 is 0.862 bits per heavy atom. The maximum absolute atomic E-state index is 12.3. The van der Waals surface area contributed by atoms with Crippen LogP contribution in [0, 0.1) is 0 Å². The minimum atomic E-state index is -0.456. The zero-order valence-electron chi connectivity index (χ0n) is 17.0. The molecule has 0 unspecified atom stereocenters. The van der Waals surface area contributed by atoms with Crippen LogP contribution >= 0.6 is 0 Å². The second kappa shape index (κ2) is 10.8. The Morgan fingerprint density at radius 2 is 1.55 bits per heavy atom. The number of aryl methyl sites for hydroxylation is 1. The van der Waals surface area contributed by atoms with E-state index in [0.29, 0.717) is 41.6 Å². The van der Waals surface area contributed by atoms with Crippen LogP contribution in [-0.2, 0) is 11.2 Å². The molecule has 0 radical (unpaired) electrons. The fourth-order valence-electron chi connectivity index (χ4n) is 2.61. The molecule has 0 aliphatic heterocycles. The van der Waals surface area contributed by atoms with Gasteiger partial charge >= 0.3 is 0 Å². The third-order valence-electron chi connectivity index (χ3n) is 4.09.